The molecule has 0 fully saturated rings. The molecule has 4 aromatic rings. The fourth-order valence-electron chi connectivity index (χ4n) is 2.93. The van der Waals surface area contributed by atoms with E-state index in [1.54, 1.807) is 0 Å². The van der Waals surface area contributed by atoms with Crippen LogP contribution in [0.15, 0.2) is 109 Å². The van der Waals surface area contributed by atoms with Crippen molar-refractivity contribution in [1.29, 1.82) is 0 Å². The van der Waals surface area contributed by atoms with Crippen LogP contribution in [0.1, 0.15) is 11.1 Å². The molecule has 0 aliphatic rings. The SMILES string of the molecule is Cc1c[c-]cc(C)c1.[Au+].c1ccc(P(c2ccccc2)c2ccccc2)cc1. The van der Waals surface area contributed by atoms with Crippen LogP contribution in [-0.2, 0) is 22.4 Å². The number of aryl methyl sites for hydroxylation is 2. The number of rotatable bonds is 3. The van der Waals surface area contributed by atoms with Crippen molar-refractivity contribution in [1.82, 2.24) is 0 Å². The van der Waals surface area contributed by atoms with E-state index in [1.807, 2.05) is 12.1 Å². The molecule has 0 N–H and O–H groups in total. The summed E-state index contributed by atoms with van der Waals surface area (Å²) in [6.07, 6.45) is 0. The van der Waals surface area contributed by atoms with E-state index in [0.717, 1.165) is 0 Å². The van der Waals surface area contributed by atoms with Gasteiger partial charge in [-0.15, -0.1) is 0 Å². The summed E-state index contributed by atoms with van der Waals surface area (Å²) in [5.74, 6) is 0. The molecule has 0 saturated carbocycles. The smallest absolute Gasteiger partial charge is 0.183 e. The molecule has 0 aliphatic heterocycles. The van der Waals surface area contributed by atoms with Crippen molar-refractivity contribution in [2.24, 2.45) is 0 Å². The predicted molar refractivity (Wildman–Crippen MR) is 120 cm³/mol. The molecule has 28 heavy (non-hydrogen) atoms. The molecule has 2 heteroatoms. The first-order valence-corrected chi connectivity index (χ1v) is 10.5. The molecule has 0 aromatic heterocycles. The zero-order chi connectivity index (χ0) is 18.9. The fourth-order valence-corrected chi connectivity index (χ4v) is 5.23. The molecule has 0 amide bonds. The quantitative estimate of drug-likeness (QED) is 0.174. The average molecular weight is 564 g/mol. The zero-order valence-corrected chi connectivity index (χ0v) is 19.2. The number of hydrogen-bond acceptors (Lipinski definition) is 0. The van der Waals surface area contributed by atoms with Crippen LogP contribution < -0.4 is 15.9 Å². The minimum Gasteiger partial charge on any atom is -0.183 e. The summed E-state index contributed by atoms with van der Waals surface area (Å²) >= 11 is 0. The van der Waals surface area contributed by atoms with Crippen LogP contribution in [0.3, 0.4) is 0 Å². The predicted octanol–water partition coefficient (Wildman–Crippen LogP) is 5.55. The molecule has 0 radical (unpaired) electrons. The van der Waals surface area contributed by atoms with Gasteiger partial charge in [-0.25, -0.2) is 0 Å². The van der Waals surface area contributed by atoms with E-state index in [0.29, 0.717) is 0 Å². The first kappa shape index (κ1) is 22.3. The minimum absolute atomic E-state index is 0. The number of benzene rings is 4. The van der Waals surface area contributed by atoms with E-state index in [2.05, 4.69) is 117 Å². The molecular weight excluding hydrogens is 540 g/mol. The first-order valence-electron chi connectivity index (χ1n) is 9.13. The van der Waals surface area contributed by atoms with E-state index in [9.17, 15) is 0 Å². The Hall–Kier alpha value is -1.95. The van der Waals surface area contributed by atoms with Gasteiger partial charge in [-0.2, -0.15) is 35.4 Å². The summed E-state index contributed by atoms with van der Waals surface area (Å²) in [7, 11) is -0.446. The van der Waals surface area contributed by atoms with Crippen LogP contribution in [0.25, 0.3) is 0 Å². The van der Waals surface area contributed by atoms with E-state index in [1.165, 1.54) is 27.0 Å². The molecule has 0 unspecified atom stereocenters. The Balaban J connectivity index is 0.000000264. The summed E-state index contributed by atoms with van der Waals surface area (Å²) in [6.45, 7) is 4.15. The Morgan fingerprint density at radius 1 is 0.536 bits per heavy atom. The fraction of sp³-hybridized carbons (Fsp3) is 0.0769. The third-order valence-electron chi connectivity index (χ3n) is 4.12. The molecule has 0 nitrogen and oxygen atoms in total. The van der Waals surface area contributed by atoms with Crippen LogP contribution in [-0.4, -0.2) is 0 Å². The van der Waals surface area contributed by atoms with Crippen LogP contribution >= 0.6 is 7.92 Å². The summed E-state index contributed by atoms with van der Waals surface area (Å²) in [6, 6.07) is 41.4. The molecular formula is C26H24AuP. The Morgan fingerprint density at radius 2 is 0.857 bits per heavy atom. The zero-order valence-electron chi connectivity index (χ0n) is 16.1. The van der Waals surface area contributed by atoms with Crippen LogP contribution in [0, 0.1) is 19.9 Å². The van der Waals surface area contributed by atoms with E-state index >= 15 is 0 Å². The largest absolute Gasteiger partial charge is 1.00 e. The molecule has 0 bridgehead atoms. The first-order chi connectivity index (χ1) is 13.2. The van der Waals surface area contributed by atoms with E-state index in [-0.39, 0.29) is 22.4 Å². The van der Waals surface area contributed by atoms with Gasteiger partial charge in [-0.05, 0) is 23.8 Å². The molecule has 0 aliphatic carbocycles. The van der Waals surface area contributed by atoms with Gasteiger partial charge >= 0.3 is 22.4 Å². The third kappa shape index (κ3) is 6.59. The van der Waals surface area contributed by atoms with Crippen molar-refractivity contribution in [3.05, 3.63) is 126 Å². The van der Waals surface area contributed by atoms with Gasteiger partial charge < -0.3 is 0 Å². The summed E-state index contributed by atoms with van der Waals surface area (Å²) in [5.41, 5.74) is 2.56. The average Bonchev–Trinajstić information content (AvgIpc) is 2.71. The van der Waals surface area contributed by atoms with Gasteiger partial charge in [0.2, 0.25) is 0 Å². The molecule has 0 spiro atoms. The molecule has 0 atom stereocenters. The Morgan fingerprint density at radius 3 is 1.11 bits per heavy atom. The summed E-state index contributed by atoms with van der Waals surface area (Å²) in [5, 5.41) is 4.19. The molecule has 0 saturated heterocycles. The second-order valence-electron chi connectivity index (χ2n) is 6.43. The Kier molecular flexibility index (Phi) is 9.41. The second-order valence-corrected chi connectivity index (χ2v) is 8.65. The summed E-state index contributed by atoms with van der Waals surface area (Å²) < 4.78 is 0. The standard InChI is InChI=1S/C18H15P.C8H9.Au/c1-4-10-16(11-5-1)19(17-12-6-2-7-13-17)18-14-8-3-9-15-18;1-7-4-3-5-8(2)6-7;/h1-15H;4-6H,1-2H3;/q;-1;+1. The van der Waals surface area contributed by atoms with Crippen LogP contribution in [0.4, 0.5) is 0 Å². The minimum atomic E-state index is -0.446. The molecule has 4 aromatic carbocycles. The van der Waals surface area contributed by atoms with Gasteiger partial charge in [0.1, 0.15) is 0 Å². The maximum atomic E-state index is 3.03. The number of hydrogen-bond donors (Lipinski definition) is 0. The Bertz CT molecular complexity index is 826. The van der Waals surface area contributed by atoms with Crippen LogP contribution in [0.2, 0.25) is 0 Å². The topological polar surface area (TPSA) is 0 Å². The normalized spacial score (nSPS) is 9.82. The van der Waals surface area contributed by atoms with E-state index < -0.39 is 7.92 Å². The molecule has 0 heterocycles. The second kappa shape index (κ2) is 11.8. The molecule has 4 rings (SSSR count). The Labute approximate surface area is 185 Å². The van der Waals surface area contributed by atoms with Gasteiger partial charge in [-0.1, -0.05) is 105 Å². The van der Waals surface area contributed by atoms with Crippen molar-refractivity contribution in [3.63, 3.8) is 0 Å². The van der Waals surface area contributed by atoms with Gasteiger partial charge in [0.25, 0.3) is 0 Å². The van der Waals surface area contributed by atoms with Crippen molar-refractivity contribution >= 4 is 23.8 Å². The van der Waals surface area contributed by atoms with Crippen molar-refractivity contribution < 1.29 is 22.4 Å². The van der Waals surface area contributed by atoms with Crippen LogP contribution in [0.5, 0.6) is 0 Å². The third-order valence-corrected chi connectivity index (χ3v) is 6.56. The van der Waals surface area contributed by atoms with Gasteiger partial charge in [0.15, 0.2) is 0 Å². The summed E-state index contributed by atoms with van der Waals surface area (Å²) in [4.78, 5) is 0. The van der Waals surface area contributed by atoms with Gasteiger partial charge in [0.05, 0.1) is 0 Å². The van der Waals surface area contributed by atoms with Crippen molar-refractivity contribution in [2.45, 2.75) is 13.8 Å². The maximum absolute atomic E-state index is 3.03. The molecule has 144 valence electrons. The van der Waals surface area contributed by atoms with E-state index in [4.69, 9.17) is 0 Å². The van der Waals surface area contributed by atoms with Gasteiger partial charge in [-0.3, -0.25) is 0 Å². The van der Waals surface area contributed by atoms with Gasteiger partial charge in [0, 0.05) is 0 Å². The maximum Gasteiger partial charge on any atom is 1.00 e. The monoisotopic (exact) mass is 564 g/mol. The van der Waals surface area contributed by atoms with Crippen molar-refractivity contribution in [2.75, 3.05) is 0 Å². The van der Waals surface area contributed by atoms with Crippen molar-refractivity contribution in [3.8, 4) is 0 Å².